The van der Waals surface area contributed by atoms with Gasteiger partial charge in [0.15, 0.2) is 0 Å². The summed E-state index contributed by atoms with van der Waals surface area (Å²) in [6.07, 6.45) is 5.81. The molecule has 1 heterocycles. The highest BCUT2D eigenvalue weighted by atomic mass is 14.7. The molecule has 8 heavy (non-hydrogen) atoms. The number of hydrogen-bond acceptors (Lipinski definition) is 1. The fourth-order valence-electron chi connectivity index (χ4n) is 0.565. The Kier molecular flexibility index (Phi) is 1.29. The second kappa shape index (κ2) is 1.95. The standard InChI is InChI=1S/C7H9N/c1-6-4-3-5-8-7(6)2/h3-5H,1-2H3/q+1. The number of rotatable bonds is 0. The zero-order valence-electron chi connectivity index (χ0n) is 5.18. The van der Waals surface area contributed by atoms with Crippen LogP contribution >= 0.6 is 0 Å². The highest BCUT2D eigenvalue weighted by molar-refractivity contribution is 5.73. The summed E-state index contributed by atoms with van der Waals surface area (Å²) in [5, 5.41) is 0. The van der Waals surface area contributed by atoms with Crippen LogP contribution in [0.25, 0.3) is 0 Å². The lowest BCUT2D eigenvalue weighted by Gasteiger charge is -1.86. The second-order valence-electron chi connectivity index (χ2n) is 1.91. The molecule has 0 unspecified atom stereocenters. The van der Waals surface area contributed by atoms with Gasteiger partial charge in [-0.2, -0.15) is 0 Å². The Balaban J connectivity index is 2.97. The molecule has 0 atom stereocenters. The van der Waals surface area contributed by atoms with Crippen LogP contribution in [0.4, 0.5) is 0 Å². The number of allylic oxidation sites excluding steroid dienone is 4. The molecule has 1 radical (unpaired) electrons. The van der Waals surface area contributed by atoms with Gasteiger partial charge in [0, 0.05) is 18.6 Å². The molecule has 1 nitrogen and oxygen atoms in total. The smallest absolute Gasteiger partial charge is 0.0466 e. The fourth-order valence-corrected chi connectivity index (χ4v) is 0.565. The molecular weight excluding hydrogens is 98.1 g/mol. The van der Waals surface area contributed by atoms with Gasteiger partial charge in [-0.1, -0.05) is 0 Å². The lowest BCUT2D eigenvalue weighted by atomic mass is 10.2. The van der Waals surface area contributed by atoms with Crippen molar-refractivity contribution in [3.8, 4) is 0 Å². The van der Waals surface area contributed by atoms with Crippen LogP contribution in [0.15, 0.2) is 23.4 Å². The van der Waals surface area contributed by atoms with Crippen LogP contribution in [0.1, 0.15) is 13.8 Å². The molecule has 0 saturated heterocycles. The summed E-state index contributed by atoms with van der Waals surface area (Å²) in [5.41, 5.74) is 2.38. The van der Waals surface area contributed by atoms with Gasteiger partial charge in [0.2, 0.25) is 6.21 Å². The lowest BCUT2D eigenvalue weighted by molar-refractivity contribution is 1.14. The summed E-state index contributed by atoms with van der Waals surface area (Å²) in [5.74, 6) is 0. The van der Waals surface area contributed by atoms with Crippen molar-refractivity contribution in [3.05, 3.63) is 23.4 Å². The molecular formula is C7H9N+. The van der Waals surface area contributed by atoms with Crippen LogP contribution in [-0.2, 0) is 0 Å². The first-order valence-corrected chi connectivity index (χ1v) is 2.69. The molecule has 0 saturated carbocycles. The molecule has 0 fully saturated rings. The first-order chi connectivity index (χ1) is 3.80. The number of hydrogen-bond donors (Lipinski definition) is 0. The second-order valence-corrected chi connectivity index (χ2v) is 1.91. The highest BCUT2D eigenvalue weighted by Crippen LogP contribution is 2.02. The third-order valence-corrected chi connectivity index (χ3v) is 1.27. The fraction of sp³-hybridized carbons (Fsp3) is 0.286. The molecule has 0 aromatic heterocycles. The van der Waals surface area contributed by atoms with Crippen molar-refractivity contribution < 1.29 is 0 Å². The van der Waals surface area contributed by atoms with Gasteiger partial charge in [0.05, 0.1) is 4.99 Å². The molecule has 0 aromatic rings. The average Bonchev–Trinajstić information content (AvgIpc) is 1.77. The molecule has 0 aliphatic carbocycles. The average molecular weight is 107 g/mol. The van der Waals surface area contributed by atoms with E-state index in [1.165, 1.54) is 5.57 Å². The van der Waals surface area contributed by atoms with Crippen LogP contribution in [0, 0.1) is 0 Å². The quantitative estimate of drug-likeness (QED) is 0.442. The van der Waals surface area contributed by atoms with E-state index in [0.717, 1.165) is 5.70 Å². The van der Waals surface area contributed by atoms with Crippen molar-refractivity contribution in [3.63, 3.8) is 0 Å². The highest BCUT2D eigenvalue weighted by Gasteiger charge is 2.04. The van der Waals surface area contributed by atoms with Gasteiger partial charge in [-0.15, -0.1) is 0 Å². The van der Waals surface area contributed by atoms with Gasteiger partial charge in [0.25, 0.3) is 5.70 Å². The van der Waals surface area contributed by atoms with E-state index in [1.54, 1.807) is 0 Å². The summed E-state index contributed by atoms with van der Waals surface area (Å²) < 4.78 is 0. The van der Waals surface area contributed by atoms with Gasteiger partial charge < -0.3 is 0 Å². The Morgan fingerprint density at radius 2 is 2.12 bits per heavy atom. The van der Waals surface area contributed by atoms with Gasteiger partial charge in [-0.25, -0.2) is 0 Å². The van der Waals surface area contributed by atoms with Gasteiger partial charge in [-0.3, -0.25) is 0 Å². The van der Waals surface area contributed by atoms with Gasteiger partial charge >= 0.3 is 0 Å². The predicted molar refractivity (Wildman–Crippen MR) is 35.7 cm³/mol. The molecule has 1 aliphatic heterocycles. The number of aliphatic imine (C=N–C) groups is 1. The van der Waals surface area contributed by atoms with E-state index in [2.05, 4.69) is 18.0 Å². The summed E-state index contributed by atoms with van der Waals surface area (Å²) in [7, 11) is 0. The molecule has 1 heteroatoms. The van der Waals surface area contributed by atoms with Crippen molar-refractivity contribution in [2.45, 2.75) is 13.8 Å². The van der Waals surface area contributed by atoms with Crippen LogP contribution in [0.5, 0.6) is 0 Å². The molecule has 1 rings (SSSR count). The minimum absolute atomic E-state index is 1.12. The van der Waals surface area contributed by atoms with E-state index in [9.17, 15) is 0 Å². The summed E-state index contributed by atoms with van der Waals surface area (Å²) in [6, 6.07) is 0. The summed E-state index contributed by atoms with van der Waals surface area (Å²) >= 11 is 0. The molecule has 0 N–H and O–H groups in total. The van der Waals surface area contributed by atoms with Gasteiger partial charge in [-0.05, 0) is 13.0 Å². The summed E-state index contributed by atoms with van der Waals surface area (Å²) in [4.78, 5) is 4.08. The Hall–Kier alpha value is -0.850. The molecule has 0 spiro atoms. The van der Waals surface area contributed by atoms with Crippen molar-refractivity contribution >= 4 is 6.21 Å². The Labute approximate surface area is 49.4 Å². The number of nitrogens with zero attached hydrogens (tertiary/aromatic N) is 1. The Bertz CT molecular complexity index is 153. The van der Waals surface area contributed by atoms with E-state index >= 15 is 0 Å². The Morgan fingerprint density at radius 1 is 1.38 bits per heavy atom. The maximum absolute atomic E-state index is 4.08. The minimum Gasteiger partial charge on any atom is -0.0466 e. The molecule has 0 amide bonds. The first-order valence-electron chi connectivity index (χ1n) is 2.69. The molecule has 41 valence electrons. The van der Waals surface area contributed by atoms with Crippen LogP contribution in [0.2, 0.25) is 0 Å². The predicted octanol–water partition coefficient (Wildman–Crippen LogP) is 1.26. The normalized spacial score (nSPS) is 17.8. The largest absolute Gasteiger partial charge is 0.253 e. The van der Waals surface area contributed by atoms with Crippen molar-refractivity contribution in [2.24, 2.45) is 0 Å². The molecule has 1 aliphatic rings. The minimum atomic E-state index is 1.12. The third-order valence-electron chi connectivity index (χ3n) is 1.27. The first kappa shape index (κ1) is 5.29. The zero-order chi connectivity index (χ0) is 5.98. The third kappa shape index (κ3) is 0.861. The summed E-state index contributed by atoms with van der Waals surface area (Å²) in [6.45, 7) is 4.07. The van der Waals surface area contributed by atoms with Gasteiger partial charge in [0.1, 0.15) is 0 Å². The maximum atomic E-state index is 4.08. The van der Waals surface area contributed by atoms with Crippen molar-refractivity contribution in [1.29, 1.82) is 0 Å². The van der Waals surface area contributed by atoms with Crippen LogP contribution in [0.3, 0.4) is 0 Å². The molecule has 0 aromatic carbocycles. The lowest BCUT2D eigenvalue weighted by Crippen LogP contribution is -1.94. The topological polar surface area (TPSA) is 14.1 Å². The van der Waals surface area contributed by atoms with E-state index in [4.69, 9.17) is 0 Å². The zero-order valence-corrected chi connectivity index (χ0v) is 5.18. The van der Waals surface area contributed by atoms with E-state index in [-0.39, 0.29) is 0 Å². The van der Waals surface area contributed by atoms with Crippen molar-refractivity contribution in [1.82, 2.24) is 4.99 Å². The SMILES string of the molecule is CC1=C(C)[N+]=CC=C1. The van der Waals surface area contributed by atoms with Crippen LogP contribution in [-0.4, -0.2) is 6.21 Å². The maximum Gasteiger partial charge on any atom is 0.253 e. The van der Waals surface area contributed by atoms with E-state index in [0.29, 0.717) is 0 Å². The van der Waals surface area contributed by atoms with E-state index in [1.807, 2.05) is 19.2 Å². The van der Waals surface area contributed by atoms with Crippen molar-refractivity contribution in [2.75, 3.05) is 0 Å². The Morgan fingerprint density at radius 3 is 2.50 bits per heavy atom. The monoisotopic (exact) mass is 107 g/mol. The molecule has 0 bridgehead atoms. The van der Waals surface area contributed by atoms with E-state index < -0.39 is 0 Å². The van der Waals surface area contributed by atoms with Crippen LogP contribution < -0.4 is 4.99 Å².